The Kier molecular flexibility index (Phi) is 2.74. The highest BCUT2D eigenvalue weighted by molar-refractivity contribution is 5.71. The summed E-state index contributed by atoms with van der Waals surface area (Å²) in [5.41, 5.74) is 0.227. The number of rotatable bonds is 1. The molecule has 0 aliphatic carbocycles. The largest absolute Gasteiger partial charge is 0.508 e. The number of aromatic hydroxyl groups is 3. The van der Waals surface area contributed by atoms with Gasteiger partial charge in [0.2, 0.25) is 0 Å². The van der Waals surface area contributed by atoms with Gasteiger partial charge in [-0.05, 0) is 25.5 Å². The highest BCUT2D eigenvalue weighted by atomic mass is 16.4. The summed E-state index contributed by atoms with van der Waals surface area (Å²) in [6.07, 6.45) is 0. The van der Waals surface area contributed by atoms with Crippen LogP contribution in [-0.2, 0) is 0 Å². The Morgan fingerprint density at radius 2 is 1.67 bits per heavy atom. The molecule has 0 saturated heterocycles. The van der Waals surface area contributed by atoms with Gasteiger partial charge in [-0.15, -0.1) is 0 Å². The molecule has 5 nitrogen and oxygen atoms in total. The summed E-state index contributed by atoms with van der Waals surface area (Å²) in [7, 11) is 0. The molecular formula is C13H12O5. The van der Waals surface area contributed by atoms with Gasteiger partial charge >= 0.3 is 5.63 Å². The number of aryl methyl sites for hydroxylation is 1. The van der Waals surface area contributed by atoms with Crippen molar-refractivity contribution < 1.29 is 19.7 Å². The number of hydrogen-bond acceptors (Lipinski definition) is 5. The van der Waals surface area contributed by atoms with Crippen molar-refractivity contribution in [2.24, 2.45) is 0 Å². The maximum atomic E-state index is 11.5. The van der Waals surface area contributed by atoms with Gasteiger partial charge in [0.05, 0.1) is 11.1 Å². The molecule has 0 fully saturated rings. The first-order valence-electron chi connectivity index (χ1n) is 5.27. The van der Waals surface area contributed by atoms with Gasteiger partial charge in [0.1, 0.15) is 23.0 Å². The molecule has 94 valence electrons. The van der Waals surface area contributed by atoms with Crippen molar-refractivity contribution in [2.45, 2.75) is 13.8 Å². The summed E-state index contributed by atoms with van der Waals surface area (Å²) in [5.74, 6) is -0.461. The van der Waals surface area contributed by atoms with Crippen molar-refractivity contribution in [1.82, 2.24) is 0 Å². The molecule has 2 aromatic rings. The molecule has 5 heteroatoms. The lowest BCUT2D eigenvalue weighted by Gasteiger charge is -2.09. The van der Waals surface area contributed by atoms with Crippen LogP contribution in [0.3, 0.4) is 0 Å². The molecule has 0 aliphatic heterocycles. The molecule has 0 radical (unpaired) electrons. The zero-order valence-corrected chi connectivity index (χ0v) is 9.89. The van der Waals surface area contributed by atoms with Crippen molar-refractivity contribution in [1.29, 1.82) is 0 Å². The van der Waals surface area contributed by atoms with Crippen LogP contribution in [0.4, 0.5) is 0 Å². The Labute approximate surface area is 103 Å². The third-order valence-corrected chi connectivity index (χ3v) is 2.71. The van der Waals surface area contributed by atoms with Gasteiger partial charge < -0.3 is 19.7 Å². The molecule has 0 spiro atoms. The summed E-state index contributed by atoms with van der Waals surface area (Å²) in [6, 6.07) is 3.82. The number of benzene rings is 1. The lowest BCUT2D eigenvalue weighted by atomic mass is 10.0. The minimum atomic E-state index is -0.670. The average Bonchev–Trinajstić information content (AvgIpc) is 2.24. The van der Waals surface area contributed by atoms with E-state index in [2.05, 4.69) is 0 Å². The van der Waals surface area contributed by atoms with E-state index in [4.69, 9.17) is 4.42 Å². The molecule has 0 unspecified atom stereocenters. The van der Waals surface area contributed by atoms with E-state index in [1.54, 1.807) is 6.92 Å². The molecular weight excluding hydrogens is 236 g/mol. The molecule has 3 N–H and O–H groups in total. The number of phenols is 2. The van der Waals surface area contributed by atoms with E-state index in [0.29, 0.717) is 5.56 Å². The fourth-order valence-corrected chi connectivity index (χ4v) is 1.74. The van der Waals surface area contributed by atoms with E-state index in [9.17, 15) is 20.1 Å². The molecule has 0 atom stereocenters. The van der Waals surface area contributed by atoms with Gasteiger partial charge in [0.25, 0.3) is 0 Å². The Balaban J connectivity index is 2.74. The lowest BCUT2D eigenvalue weighted by molar-refractivity contribution is 0.438. The quantitative estimate of drug-likeness (QED) is 0.718. The Bertz CT molecular complexity index is 647. The van der Waals surface area contributed by atoms with Gasteiger partial charge in [-0.2, -0.15) is 0 Å². The second kappa shape index (κ2) is 4.10. The van der Waals surface area contributed by atoms with Gasteiger partial charge in [-0.25, -0.2) is 4.79 Å². The summed E-state index contributed by atoms with van der Waals surface area (Å²) in [4.78, 5) is 11.5. The molecule has 1 aromatic heterocycles. The molecule has 0 amide bonds. The van der Waals surface area contributed by atoms with Crippen LogP contribution in [-0.4, -0.2) is 15.3 Å². The van der Waals surface area contributed by atoms with Crippen molar-refractivity contribution >= 4 is 0 Å². The van der Waals surface area contributed by atoms with Gasteiger partial charge in [0, 0.05) is 12.1 Å². The van der Waals surface area contributed by atoms with Gasteiger partial charge in [-0.3, -0.25) is 0 Å². The van der Waals surface area contributed by atoms with Gasteiger partial charge in [-0.1, -0.05) is 0 Å². The fraction of sp³-hybridized carbons (Fsp3) is 0.154. The molecule has 0 bridgehead atoms. The molecule has 1 aromatic carbocycles. The molecule has 2 rings (SSSR count). The van der Waals surface area contributed by atoms with Crippen LogP contribution in [0.1, 0.15) is 11.1 Å². The topological polar surface area (TPSA) is 90.9 Å². The van der Waals surface area contributed by atoms with E-state index in [-0.39, 0.29) is 34.1 Å². The molecule has 0 aliphatic rings. The third kappa shape index (κ3) is 1.90. The minimum Gasteiger partial charge on any atom is -0.508 e. The second-order valence-corrected chi connectivity index (χ2v) is 4.07. The fourth-order valence-electron chi connectivity index (χ4n) is 1.74. The van der Waals surface area contributed by atoms with Crippen LogP contribution in [0.2, 0.25) is 0 Å². The van der Waals surface area contributed by atoms with Crippen LogP contribution in [0.15, 0.2) is 27.4 Å². The second-order valence-electron chi connectivity index (χ2n) is 4.07. The first-order valence-corrected chi connectivity index (χ1v) is 5.27. The maximum absolute atomic E-state index is 11.5. The first kappa shape index (κ1) is 12.0. The van der Waals surface area contributed by atoms with Crippen molar-refractivity contribution in [2.75, 3.05) is 0 Å². The predicted octanol–water partition coefficient (Wildman–Crippen LogP) is 2.04. The summed E-state index contributed by atoms with van der Waals surface area (Å²) in [6.45, 7) is 3.08. The minimum absolute atomic E-state index is 0.0538. The van der Waals surface area contributed by atoms with Crippen LogP contribution in [0, 0.1) is 13.8 Å². The summed E-state index contributed by atoms with van der Waals surface area (Å²) >= 11 is 0. The van der Waals surface area contributed by atoms with E-state index < -0.39 is 5.63 Å². The van der Waals surface area contributed by atoms with E-state index in [1.807, 2.05) is 0 Å². The van der Waals surface area contributed by atoms with Crippen LogP contribution in [0.25, 0.3) is 11.3 Å². The van der Waals surface area contributed by atoms with Crippen LogP contribution < -0.4 is 5.63 Å². The Hall–Kier alpha value is -2.43. The zero-order valence-electron chi connectivity index (χ0n) is 9.89. The standard InChI is InChI=1S/C13H12O5/c1-6-3-8(14)4-10(16)12(6)11-5-9(15)7(2)13(17)18-11/h3-5,14-16H,1-2H3. The third-order valence-electron chi connectivity index (χ3n) is 2.71. The Morgan fingerprint density at radius 1 is 1.00 bits per heavy atom. The normalized spacial score (nSPS) is 10.6. The van der Waals surface area contributed by atoms with Crippen LogP contribution in [0.5, 0.6) is 17.2 Å². The van der Waals surface area contributed by atoms with Crippen molar-refractivity contribution in [3.63, 3.8) is 0 Å². The van der Waals surface area contributed by atoms with Crippen molar-refractivity contribution in [3.05, 3.63) is 39.7 Å². The lowest BCUT2D eigenvalue weighted by Crippen LogP contribution is -2.03. The maximum Gasteiger partial charge on any atom is 0.342 e. The monoisotopic (exact) mass is 248 g/mol. The predicted molar refractivity (Wildman–Crippen MR) is 64.9 cm³/mol. The van der Waals surface area contributed by atoms with E-state index >= 15 is 0 Å². The number of hydrogen-bond donors (Lipinski definition) is 3. The van der Waals surface area contributed by atoms with Crippen LogP contribution >= 0.6 is 0 Å². The average molecular weight is 248 g/mol. The highest BCUT2D eigenvalue weighted by Crippen LogP contribution is 2.36. The van der Waals surface area contributed by atoms with Gasteiger partial charge in [0.15, 0.2) is 0 Å². The summed E-state index contributed by atoms with van der Waals surface area (Å²) < 4.78 is 5.02. The first-order chi connectivity index (χ1) is 8.40. The Morgan fingerprint density at radius 3 is 2.22 bits per heavy atom. The van der Waals surface area contributed by atoms with Crippen molar-refractivity contribution in [3.8, 4) is 28.6 Å². The highest BCUT2D eigenvalue weighted by Gasteiger charge is 2.15. The number of phenolic OH excluding ortho intramolecular Hbond substituents is 2. The smallest absolute Gasteiger partial charge is 0.342 e. The van der Waals surface area contributed by atoms with E-state index in [0.717, 1.165) is 6.07 Å². The zero-order chi connectivity index (χ0) is 13.4. The summed E-state index contributed by atoms with van der Waals surface area (Å²) in [5, 5.41) is 28.7. The SMILES string of the molecule is Cc1cc(O)cc(O)c1-c1cc(O)c(C)c(=O)o1. The van der Waals surface area contributed by atoms with E-state index in [1.165, 1.54) is 19.1 Å². The molecule has 0 saturated carbocycles. The molecule has 1 heterocycles. The molecule has 18 heavy (non-hydrogen) atoms.